The summed E-state index contributed by atoms with van der Waals surface area (Å²) in [6.07, 6.45) is 3.39. The maximum absolute atomic E-state index is 14.2. The first-order valence-corrected chi connectivity index (χ1v) is 9.62. The Bertz CT molecular complexity index is 1200. The topological polar surface area (TPSA) is 73.8 Å². The normalized spacial score (nSPS) is 11.0. The summed E-state index contributed by atoms with van der Waals surface area (Å²) in [5.41, 5.74) is 8.63. The number of primary amides is 1. The van der Waals surface area contributed by atoms with Crippen molar-refractivity contribution in [2.75, 3.05) is 0 Å². The van der Waals surface area contributed by atoms with E-state index in [-0.39, 0.29) is 12.1 Å². The maximum atomic E-state index is 14.2. The molecule has 4 rings (SSSR count). The van der Waals surface area contributed by atoms with Gasteiger partial charge in [0.05, 0.1) is 23.5 Å². The molecule has 0 saturated carbocycles. The molecule has 3 heterocycles. The van der Waals surface area contributed by atoms with Gasteiger partial charge in [-0.1, -0.05) is 0 Å². The van der Waals surface area contributed by atoms with Crippen LogP contribution in [0, 0.1) is 18.6 Å². The quantitative estimate of drug-likeness (QED) is 0.530. The average molecular weight is 410 g/mol. The number of aromatic nitrogens is 3. The number of carbonyl (C=O) groups is 1. The van der Waals surface area contributed by atoms with E-state index in [2.05, 4.69) is 9.97 Å². The largest absolute Gasteiger partial charge is 0.366 e. The highest BCUT2D eigenvalue weighted by atomic mass is 32.1. The van der Waals surface area contributed by atoms with Gasteiger partial charge in [-0.3, -0.25) is 9.78 Å². The molecule has 0 aliphatic heterocycles. The molecule has 5 nitrogen and oxygen atoms in total. The number of benzene rings is 1. The molecule has 0 radical (unpaired) electrons. The molecule has 2 N–H and O–H groups in total. The van der Waals surface area contributed by atoms with E-state index in [1.54, 1.807) is 30.0 Å². The van der Waals surface area contributed by atoms with E-state index in [1.807, 2.05) is 17.5 Å². The molecular weight excluding hydrogens is 394 g/mol. The molecule has 29 heavy (non-hydrogen) atoms. The van der Waals surface area contributed by atoms with Crippen molar-refractivity contribution in [3.05, 3.63) is 82.6 Å². The predicted molar refractivity (Wildman–Crippen MR) is 107 cm³/mol. The molecule has 0 bridgehead atoms. The minimum absolute atomic E-state index is 0.0395. The van der Waals surface area contributed by atoms with Gasteiger partial charge in [0.1, 0.15) is 16.6 Å². The van der Waals surface area contributed by atoms with Crippen LogP contribution in [0.5, 0.6) is 0 Å². The molecule has 0 spiro atoms. The van der Waals surface area contributed by atoms with Gasteiger partial charge in [-0.25, -0.2) is 13.8 Å². The summed E-state index contributed by atoms with van der Waals surface area (Å²) in [7, 11) is 0. The number of nitrogens with two attached hydrogens (primary N) is 1. The lowest BCUT2D eigenvalue weighted by Crippen LogP contribution is -2.13. The summed E-state index contributed by atoms with van der Waals surface area (Å²) in [5.74, 6) is -1.65. The lowest BCUT2D eigenvalue weighted by molar-refractivity contribution is 0.0999. The predicted octanol–water partition coefficient (Wildman–Crippen LogP) is 4.41. The Morgan fingerprint density at radius 1 is 1.24 bits per heavy atom. The Hall–Kier alpha value is -3.39. The number of hydrogen-bond donors (Lipinski definition) is 1. The van der Waals surface area contributed by atoms with Crippen LogP contribution in [0.1, 0.15) is 21.6 Å². The third kappa shape index (κ3) is 3.66. The summed E-state index contributed by atoms with van der Waals surface area (Å²) in [6, 6.07) is 8.65. The van der Waals surface area contributed by atoms with Gasteiger partial charge in [0, 0.05) is 34.6 Å². The Balaban J connectivity index is 1.81. The fourth-order valence-electron chi connectivity index (χ4n) is 3.16. The molecule has 8 heteroatoms. The van der Waals surface area contributed by atoms with Gasteiger partial charge in [0.25, 0.3) is 5.91 Å². The lowest BCUT2D eigenvalue weighted by Gasteiger charge is -2.12. The van der Waals surface area contributed by atoms with E-state index in [9.17, 15) is 13.6 Å². The molecule has 0 unspecified atom stereocenters. The Morgan fingerprint density at radius 3 is 2.79 bits per heavy atom. The van der Waals surface area contributed by atoms with Gasteiger partial charge >= 0.3 is 0 Å². The molecule has 4 aromatic rings. The van der Waals surface area contributed by atoms with Crippen LogP contribution < -0.4 is 5.73 Å². The number of carbonyl (C=O) groups excluding carboxylic acids is 1. The second-order valence-electron chi connectivity index (χ2n) is 6.49. The summed E-state index contributed by atoms with van der Waals surface area (Å²) in [6.45, 7) is 1.76. The molecule has 0 aliphatic rings. The van der Waals surface area contributed by atoms with Gasteiger partial charge in [-0.05, 0) is 43.3 Å². The smallest absolute Gasteiger partial charge is 0.250 e. The standard InChI is InChI=1S/C21H16F2N4OS/c1-12-16(20(24)28)8-19(27(12)10-14-7-15(22)4-5-17(14)23)18-11-29-21(26-18)13-3-2-6-25-9-13/h2-9,11H,10H2,1H3,(H2,24,28). The molecule has 146 valence electrons. The van der Waals surface area contributed by atoms with Crippen molar-refractivity contribution in [3.63, 3.8) is 0 Å². The molecular formula is C21H16F2N4OS. The number of halogens is 2. The first-order valence-electron chi connectivity index (χ1n) is 8.74. The third-order valence-electron chi connectivity index (χ3n) is 4.64. The molecule has 1 amide bonds. The summed E-state index contributed by atoms with van der Waals surface area (Å²) >= 11 is 1.43. The zero-order valence-electron chi connectivity index (χ0n) is 15.4. The van der Waals surface area contributed by atoms with E-state index >= 15 is 0 Å². The Morgan fingerprint density at radius 2 is 2.07 bits per heavy atom. The van der Waals surface area contributed by atoms with E-state index < -0.39 is 17.5 Å². The minimum atomic E-state index is -0.593. The van der Waals surface area contributed by atoms with E-state index in [1.165, 1.54) is 11.3 Å². The third-order valence-corrected chi connectivity index (χ3v) is 5.53. The van der Waals surface area contributed by atoms with Crippen molar-refractivity contribution in [1.82, 2.24) is 14.5 Å². The highest BCUT2D eigenvalue weighted by molar-refractivity contribution is 7.13. The molecule has 1 aromatic carbocycles. The molecule has 0 saturated heterocycles. The fourth-order valence-corrected chi connectivity index (χ4v) is 3.96. The highest BCUT2D eigenvalue weighted by Crippen LogP contribution is 2.32. The van der Waals surface area contributed by atoms with E-state index in [0.717, 1.165) is 28.8 Å². The van der Waals surface area contributed by atoms with Crippen molar-refractivity contribution in [3.8, 4) is 22.0 Å². The highest BCUT2D eigenvalue weighted by Gasteiger charge is 2.20. The van der Waals surface area contributed by atoms with Gasteiger partial charge in [0.2, 0.25) is 0 Å². The van der Waals surface area contributed by atoms with Crippen LogP contribution in [0.3, 0.4) is 0 Å². The maximum Gasteiger partial charge on any atom is 0.250 e. The van der Waals surface area contributed by atoms with E-state index in [4.69, 9.17) is 5.73 Å². The number of amides is 1. The number of pyridine rings is 1. The monoisotopic (exact) mass is 410 g/mol. The van der Waals surface area contributed by atoms with Crippen LogP contribution in [0.2, 0.25) is 0 Å². The minimum Gasteiger partial charge on any atom is -0.366 e. The Kier molecular flexibility index (Phi) is 4.94. The first kappa shape index (κ1) is 18.9. The molecule has 0 atom stereocenters. The van der Waals surface area contributed by atoms with Crippen molar-refractivity contribution >= 4 is 17.2 Å². The van der Waals surface area contributed by atoms with Gasteiger partial charge in [-0.15, -0.1) is 11.3 Å². The lowest BCUT2D eigenvalue weighted by atomic mass is 10.2. The SMILES string of the molecule is Cc1c(C(N)=O)cc(-c2csc(-c3cccnc3)n2)n1Cc1cc(F)ccc1F. The van der Waals surface area contributed by atoms with Crippen LogP contribution in [0.15, 0.2) is 54.2 Å². The fraction of sp³-hybridized carbons (Fsp3) is 0.0952. The number of hydrogen-bond acceptors (Lipinski definition) is 4. The molecule has 0 fully saturated rings. The molecule has 0 aliphatic carbocycles. The first-order chi connectivity index (χ1) is 13.9. The van der Waals surface area contributed by atoms with Crippen molar-refractivity contribution in [2.45, 2.75) is 13.5 Å². The number of nitrogens with zero attached hydrogens (tertiary/aromatic N) is 3. The number of rotatable bonds is 5. The van der Waals surface area contributed by atoms with E-state index in [0.29, 0.717) is 22.6 Å². The zero-order valence-corrected chi connectivity index (χ0v) is 16.2. The second-order valence-corrected chi connectivity index (χ2v) is 7.35. The van der Waals surface area contributed by atoms with Gasteiger partial charge in [0.15, 0.2) is 0 Å². The van der Waals surface area contributed by atoms with Crippen LogP contribution in [0.25, 0.3) is 22.0 Å². The van der Waals surface area contributed by atoms with Crippen molar-refractivity contribution < 1.29 is 13.6 Å². The molecule has 3 aromatic heterocycles. The van der Waals surface area contributed by atoms with Crippen LogP contribution >= 0.6 is 11.3 Å². The van der Waals surface area contributed by atoms with Crippen LogP contribution in [-0.2, 0) is 6.54 Å². The number of thiazole rings is 1. The summed E-state index contributed by atoms with van der Waals surface area (Å²) in [4.78, 5) is 20.6. The summed E-state index contributed by atoms with van der Waals surface area (Å²) in [5, 5.41) is 2.61. The zero-order chi connectivity index (χ0) is 20.5. The Labute approximate surface area is 169 Å². The van der Waals surface area contributed by atoms with Crippen LogP contribution in [0.4, 0.5) is 8.78 Å². The van der Waals surface area contributed by atoms with Crippen LogP contribution in [-0.4, -0.2) is 20.4 Å². The summed E-state index contributed by atoms with van der Waals surface area (Å²) < 4.78 is 29.6. The van der Waals surface area contributed by atoms with Crippen molar-refractivity contribution in [1.29, 1.82) is 0 Å². The average Bonchev–Trinajstić information content (AvgIpc) is 3.31. The second kappa shape index (κ2) is 7.56. The van der Waals surface area contributed by atoms with Crippen molar-refractivity contribution in [2.24, 2.45) is 5.73 Å². The van der Waals surface area contributed by atoms with Gasteiger partial charge in [-0.2, -0.15) is 0 Å². The van der Waals surface area contributed by atoms with Gasteiger partial charge < -0.3 is 10.3 Å².